The fraction of sp³-hybridized carbons (Fsp3) is 0.409. The van der Waals surface area contributed by atoms with Crippen molar-refractivity contribution >= 4 is 27.3 Å². The largest absolute Gasteiger partial charge is 0.496 e. The van der Waals surface area contributed by atoms with Crippen LogP contribution in [0.4, 0.5) is 11.4 Å². The van der Waals surface area contributed by atoms with Crippen LogP contribution < -0.4 is 14.4 Å². The molecule has 1 aliphatic heterocycles. The van der Waals surface area contributed by atoms with Gasteiger partial charge in [0.05, 0.1) is 12.9 Å². The van der Waals surface area contributed by atoms with Gasteiger partial charge in [-0.25, -0.2) is 8.42 Å². The lowest BCUT2D eigenvalue weighted by Crippen LogP contribution is -2.36. The Labute approximate surface area is 172 Å². The summed E-state index contributed by atoms with van der Waals surface area (Å²) in [5.74, 6) is 1.01. The zero-order valence-corrected chi connectivity index (χ0v) is 18.0. The molecule has 1 N–H and O–H groups in total. The maximum Gasteiger partial charge on any atom is 0.237 e. The van der Waals surface area contributed by atoms with Crippen LogP contribution in [0.5, 0.6) is 5.75 Å². The Balaban J connectivity index is 1.78. The molecule has 156 valence electrons. The van der Waals surface area contributed by atoms with Gasteiger partial charge in [0, 0.05) is 29.9 Å². The Morgan fingerprint density at radius 2 is 1.90 bits per heavy atom. The average Bonchev–Trinajstić information content (AvgIpc) is 2.67. The number of methoxy groups -OCH3 is 1. The van der Waals surface area contributed by atoms with Crippen molar-refractivity contribution in [2.45, 2.75) is 38.9 Å². The summed E-state index contributed by atoms with van der Waals surface area (Å²) in [5.41, 5.74) is 2.99. The highest BCUT2D eigenvalue weighted by atomic mass is 32.2. The van der Waals surface area contributed by atoms with E-state index in [0.717, 1.165) is 17.7 Å². The minimum atomic E-state index is -3.60. The van der Waals surface area contributed by atoms with Gasteiger partial charge in [0.25, 0.3) is 0 Å². The number of hydrogen-bond donors (Lipinski definition) is 1. The number of anilines is 2. The second-order valence-corrected chi connectivity index (χ2v) is 9.47. The summed E-state index contributed by atoms with van der Waals surface area (Å²) in [6.07, 6.45) is 2.00. The number of aryl methyl sites for hydroxylation is 1. The molecule has 2 aromatic carbocycles. The smallest absolute Gasteiger partial charge is 0.237 e. The Kier molecular flexibility index (Phi) is 6.47. The van der Waals surface area contributed by atoms with Crippen LogP contribution in [0, 0.1) is 5.92 Å². The normalized spacial score (nSPS) is 14.1. The first kappa shape index (κ1) is 21.2. The second-order valence-electron chi connectivity index (χ2n) is 7.74. The number of benzene rings is 2. The van der Waals surface area contributed by atoms with Gasteiger partial charge in [0.2, 0.25) is 15.9 Å². The van der Waals surface area contributed by atoms with Crippen LogP contribution in [0.2, 0.25) is 0 Å². The van der Waals surface area contributed by atoms with Crippen molar-refractivity contribution in [1.29, 1.82) is 0 Å². The molecule has 0 spiro atoms. The summed E-state index contributed by atoms with van der Waals surface area (Å²) in [4.78, 5) is 14.2. The van der Waals surface area contributed by atoms with E-state index in [2.05, 4.69) is 18.6 Å². The highest BCUT2D eigenvalue weighted by molar-refractivity contribution is 7.91. The molecular formula is C22H28N2O4S. The van der Waals surface area contributed by atoms with Crippen LogP contribution in [0.1, 0.15) is 37.8 Å². The van der Waals surface area contributed by atoms with Crippen LogP contribution in [0.3, 0.4) is 0 Å². The van der Waals surface area contributed by atoms with Crippen molar-refractivity contribution in [3.63, 3.8) is 0 Å². The molecule has 1 heterocycles. The maximum absolute atomic E-state index is 12.7. The molecule has 0 radical (unpaired) electrons. The van der Waals surface area contributed by atoms with E-state index in [1.807, 2.05) is 17.0 Å². The van der Waals surface area contributed by atoms with Gasteiger partial charge in [-0.05, 0) is 48.6 Å². The first-order valence-electron chi connectivity index (χ1n) is 9.85. The monoisotopic (exact) mass is 416 g/mol. The van der Waals surface area contributed by atoms with Crippen molar-refractivity contribution in [3.05, 3.63) is 53.6 Å². The number of para-hydroxylation sites is 1. The molecule has 0 aliphatic carbocycles. The summed E-state index contributed by atoms with van der Waals surface area (Å²) < 4.78 is 33.2. The van der Waals surface area contributed by atoms with Crippen molar-refractivity contribution in [2.75, 3.05) is 23.3 Å². The van der Waals surface area contributed by atoms with E-state index in [1.54, 1.807) is 30.3 Å². The van der Waals surface area contributed by atoms with Crippen LogP contribution in [0.15, 0.2) is 42.5 Å². The quantitative estimate of drug-likeness (QED) is 0.707. The number of nitrogens with zero attached hydrogens (tertiary/aromatic N) is 1. The number of carbonyl (C=O) groups excluding carboxylic acids is 1. The number of nitrogens with one attached hydrogen (secondary N) is 1. The van der Waals surface area contributed by atoms with Gasteiger partial charge in [0.1, 0.15) is 5.75 Å². The lowest BCUT2D eigenvalue weighted by Gasteiger charge is -2.30. The summed E-state index contributed by atoms with van der Waals surface area (Å²) in [7, 11) is -2.08. The van der Waals surface area contributed by atoms with E-state index < -0.39 is 10.0 Å². The molecule has 7 heteroatoms. The molecule has 6 nitrogen and oxygen atoms in total. The third-order valence-corrected chi connectivity index (χ3v) is 6.26. The van der Waals surface area contributed by atoms with Crippen molar-refractivity contribution in [2.24, 2.45) is 5.92 Å². The highest BCUT2D eigenvalue weighted by Gasteiger charge is 2.25. The number of rotatable bonds is 8. The summed E-state index contributed by atoms with van der Waals surface area (Å²) in [5, 5.41) is 0. The molecular weight excluding hydrogens is 388 g/mol. The molecule has 0 unspecified atom stereocenters. The maximum atomic E-state index is 12.7. The van der Waals surface area contributed by atoms with Gasteiger partial charge in [-0.2, -0.15) is 0 Å². The fourth-order valence-electron chi connectivity index (χ4n) is 3.50. The SMILES string of the molecule is COc1ccccc1CS(=O)(=O)Nc1ccc2c(c1)CCC(=O)N2CCC(C)C. The van der Waals surface area contributed by atoms with Crippen molar-refractivity contribution < 1.29 is 17.9 Å². The summed E-state index contributed by atoms with van der Waals surface area (Å²) >= 11 is 0. The van der Waals surface area contributed by atoms with Crippen LogP contribution in [0.25, 0.3) is 0 Å². The number of hydrogen-bond acceptors (Lipinski definition) is 4. The average molecular weight is 417 g/mol. The number of ether oxygens (including phenoxy) is 1. The lowest BCUT2D eigenvalue weighted by atomic mass is 9.99. The first-order chi connectivity index (χ1) is 13.8. The lowest BCUT2D eigenvalue weighted by molar-refractivity contribution is -0.118. The predicted molar refractivity (Wildman–Crippen MR) is 116 cm³/mol. The van der Waals surface area contributed by atoms with E-state index in [0.29, 0.717) is 42.3 Å². The van der Waals surface area contributed by atoms with Crippen molar-refractivity contribution in [3.8, 4) is 5.75 Å². The molecule has 29 heavy (non-hydrogen) atoms. The molecule has 3 rings (SSSR count). The minimum Gasteiger partial charge on any atom is -0.496 e. The predicted octanol–water partition coefficient (Wildman–Crippen LogP) is 3.96. The molecule has 2 aromatic rings. The fourth-order valence-corrected chi connectivity index (χ4v) is 4.70. The molecule has 0 bridgehead atoms. The van der Waals surface area contributed by atoms with E-state index in [-0.39, 0.29) is 11.7 Å². The number of fused-ring (bicyclic) bond motifs is 1. The standard InChI is InChI=1S/C22H28N2O4S/c1-16(2)12-13-24-20-10-9-19(14-17(20)8-11-22(24)25)23-29(26,27)15-18-6-4-5-7-21(18)28-3/h4-7,9-10,14,16,23H,8,11-13,15H2,1-3H3. The Morgan fingerprint density at radius 3 is 2.62 bits per heavy atom. The number of amides is 1. The second kappa shape index (κ2) is 8.86. The van der Waals surface area contributed by atoms with Crippen LogP contribution in [-0.4, -0.2) is 28.0 Å². The highest BCUT2D eigenvalue weighted by Crippen LogP contribution is 2.31. The van der Waals surface area contributed by atoms with Gasteiger partial charge in [-0.1, -0.05) is 32.0 Å². The van der Waals surface area contributed by atoms with E-state index in [9.17, 15) is 13.2 Å². The first-order valence-corrected chi connectivity index (χ1v) is 11.5. The Hall–Kier alpha value is -2.54. The molecule has 0 saturated heterocycles. The Bertz CT molecular complexity index is 986. The van der Waals surface area contributed by atoms with E-state index >= 15 is 0 Å². The van der Waals surface area contributed by atoms with Crippen LogP contribution >= 0.6 is 0 Å². The molecule has 0 atom stereocenters. The topological polar surface area (TPSA) is 75.7 Å². The molecule has 0 saturated carbocycles. The third-order valence-electron chi connectivity index (χ3n) is 5.02. The summed E-state index contributed by atoms with van der Waals surface area (Å²) in [6, 6.07) is 12.5. The van der Waals surface area contributed by atoms with E-state index in [1.165, 1.54) is 7.11 Å². The Morgan fingerprint density at radius 1 is 1.14 bits per heavy atom. The summed E-state index contributed by atoms with van der Waals surface area (Å²) in [6.45, 7) is 4.95. The third kappa shape index (κ3) is 5.29. The van der Waals surface area contributed by atoms with Crippen LogP contribution in [-0.2, 0) is 27.0 Å². The molecule has 1 aliphatic rings. The van der Waals surface area contributed by atoms with Gasteiger partial charge < -0.3 is 9.64 Å². The zero-order chi connectivity index (χ0) is 21.0. The van der Waals surface area contributed by atoms with E-state index in [4.69, 9.17) is 4.74 Å². The van der Waals surface area contributed by atoms with Crippen molar-refractivity contribution in [1.82, 2.24) is 0 Å². The molecule has 0 aromatic heterocycles. The minimum absolute atomic E-state index is 0.127. The van der Waals surface area contributed by atoms with Gasteiger partial charge >= 0.3 is 0 Å². The zero-order valence-electron chi connectivity index (χ0n) is 17.1. The van der Waals surface area contributed by atoms with Gasteiger partial charge in [-0.3, -0.25) is 9.52 Å². The molecule has 0 fully saturated rings. The number of sulfonamides is 1. The molecule has 1 amide bonds. The van der Waals surface area contributed by atoms with Gasteiger partial charge in [-0.15, -0.1) is 0 Å². The van der Waals surface area contributed by atoms with Gasteiger partial charge in [0.15, 0.2) is 0 Å². The number of carbonyl (C=O) groups is 1.